The van der Waals surface area contributed by atoms with Crippen molar-refractivity contribution in [3.05, 3.63) is 22.6 Å². The van der Waals surface area contributed by atoms with Gasteiger partial charge in [0, 0.05) is 34.5 Å². The average molecular weight is 347 g/mol. The highest BCUT2D eigenvalue weighted by Gasteiger charge is 2.32. The van der Waals surface area contributed by atoms with Crippen LogP contribution in [0.25, 0.3) is 10.1 Å². The van der Waals surface area contributed by atoms with Gasteiger partial charge in [-0.05, 0) is 45.7 Å². The van der Waals surface area contributed by atoms with Gasteiger partial charge >= 0.3 is 12.1 Å². The van der Waals surface area contributed by atoms with E-state index in [1.54, 1.807) is 22.3 Å². The number of fused-ring (bicyclic) bond motifs is 3. The van der Waals surface area contributed by atoms with E-state index in [-0.39, 0.29) is 12.1 Å². The lowest BCUT2D eigenvalue weighted by molar-refractivity contribution is -0.131. The van der Waals surface area contributed by atoms with E-state index in [1.807, 2.05) is 33.8 Å². The molecule has 3 rings (SSSR count). The largest absolute Gasteiger partial charge is 0.443 e. The Kier molecular flexibility index (Phi) is 4.03. The molecule has 24 heavy (non-hydrogen) atoms. The Morgan fingerprint density at radius 3 is 2.58 bits per heavy atom. The fraction of sp³-hybridized carbons (Fsp3) is 0.444. The lowest BCUT2D eigenvalue weighted by Gasteiger charge is -2.25. The van der Waals surface area contributed by atoms with E-state index in [9.17, 15) is 9.59 Å². The normalized spacial score (nSPS) is 14.0. The Hall–Kier alpha value is -2.08. The van der Waals surface area contributed by atoms with Crippen LogP contribution in [-0.2, 0) is 16.0 Å². The number of carbonyl (C=O) groups excluding carboxylic acids is 2. The summed E-state index contributed by atoms with van der Waals surface area (Å²) in [5, 5.41) is 0.928. The molecule has 128 valence electrons. The monoisotopic (exact) mass is 347 g/mol. The third-order valence-corrected chi connectivity index (χ3v) is 4.83. The van der Waals surface area contributed by atoms with E-state index in [1.165, 1.54) is 6.92 Å². The van der Waals surface area contributed by atoms with E-state index < -0.39 is 5.60 Å². The van der Waals surface area contributed by atoms with Crippen LogP contribution >= 0.6 is 11.3 Å². The van der Waals surface area contributed by atoms with Crippen LogP contribution in [-0.4, -0.2) is 24.2 Å². The first-order valence-corrected chi connectivity index (χ1v) is 8.72. The maximum absolute atomic E-state index is 12.5. The van der Waals surface area contributed by atoms with Gasteiger partial charge in [0.1, 0.15) is 11.4 Å². The fourth-order valence-corrected chi connectivity index (χ4v) is 4.00. The minimum atomic E-state index is -0.553. The van der Waals surface area contributed by atoms with Gasteiger partial charge in [0.15, 0.2) is 0 Å². The molecule has 0 N–H and O–H groups in total. The van der Waals surface area contributed by atoms with Crippen molar-refractivity contribution in [3.63, 3.8) is 0 Å². The van der Waals surface area contributed by atoms with Crippen molar-refractivity contribution in [1.29, 1.82) is 0 Å². The highest BCUT2D eigenvalue weighted by atomic mass is 32.1. The molecule has 1 aliphatic rings. The molecular weight excluding hydrogens is 326 g/mol. The lowest BCUT2D eigenvalue weighted by atomic mass is 10.1. The summed E-state index contributed by atoms with van der Waals surface area (Å²) in [6.07, 6.45) is 0.397. The molecule has 2 heterocycles. The highest BCUT2D eigenvalue weighted by Crippen LogP contribution is 2.44. The molecule has 1 aromatic heterocycles. The molecule has 0 unspecified atom stereocenters. The number of thiophene rings is 1. The molecule has 0 spiro atoms. The molecule has 1 amide bonds. The molecule has 1 aliphatic heterocycles. The van der Waals surface area contributed by atoms with E-state index in [2.05, 4.69) is 0 Å². The van der Waals surface area contributed by atoms with Crippen LogP contribution in [0.3, 0.4) is 0 Å². The molecule has 1 aromatic carbocycles. The average Bonchev–Trinajstić information content (AvgIpc) is 2.98. The number of ether oxygens (including phenoxy) is 2. The molecular formula is C18H21NO4S. The number of nitrogens with zero attached hydrogens (tertiary/aromatic N) is 1. The summed E-state index contributed by atoms with van der Waals surface area (Å²) in [5.41, 5.74) is 1.34. The van der Waals surface area contributed by atoms with Crippen LogP contribution in [0.2, 0.25) is 0 Å². The molecule has 5 nitrogen and oxygen atoms in total. The van der Waals surface area contributed by atoms with Crippen LogP contribution in [0.15, 0.2) is 12.1 Å². The van der Waals surface area contributed by atoms with Gasteiger partial charge in [-0.15, -0.1) is 11.3 Å². The molecule has 2 aromatic rings. The second-order valence-electron chi connectivity index (χ2n) is 6.95. The first kappa shape index (κ1) is 16.8. The third-order valence-electron chi connectivity index (χ3n) is 3.72. The summed E-state index contributed by atoms with van der Waals surface area (Å²) in [6, 6.07) is 3.80. The summed E-state index contributed by atoms with van der Waals surface area (Å²) >= 11 is 1.66. The van der Waals surface area contributed by atoms with Crippen molar-refractivity contribution in [2.24, 2.45) is 0 Å². The number of amides is 1. The van der Waals surface area contributed by atoms with E-state index in [4.69, 9.17) is 9.47 Å². The van der Waals surface area contributed by atoms with Gasteiger partial charge in [-0.3, -0.25) is 9.69 Å². The number of anilines is 1. The zero-order chi connectivity index (χ0) is 17.6. The van der Waals surface area contributed by atoms with Crippen LogP contribution in [0.1, 0.15) is 38.1 Å². The van der Waals surface area contributed by atoms with Crippen LogP contribution < -0.4 is 9.64 Å². The van der Waals surface area contributed by atoms with Crippen molar-refractivity contribution in [2.45, 2.75) is 46.6 Å². The number of esters is 1. The maximum Gasteiger partial charge on any atom is 0.414 e. The van der Waals surface area contributed by atoms with Gasteiger partial charge < -0.3 is 9.47 Å². The van der Waals surface area contributed by atoms with Crippen molar-refractivity contribution in [2.75, 3.05) is 11.4 Å². The topological polar surface area (TPSA) is 55.8 Å². The Morgan fingerprint density at radius 1 is 1.25 bits per heavy atom. The van der Waals surface area contributed by atoms with Gasteiger partial charge in [-0.2, -0.15) is 0 Å². The van der Waals surface area contributed by atoms with Crippen LogP contribution in [0, 0.1) is 6.92 Å². The molecule has 0 saturated carbocycles. The first-order valence-electron chi connectivity index (χ1n) is 7.90. The summed E-state index contributed by atoms with van der Waals surface area (Å²) < 4.78 is 12.0. The summed E-state index contributed by atoms with van der Waals surface area (Å²) in [5.74, 6) is 0.123. The minimum Gasteiger partial charge on any atom is -0.443 e. The molecule has 0 fully saturated rings. The summed E-state index contributed by atoms with van der Waals surface area (Å²) in [4.78, 5) is 26.7. The molecule has 0 aliphatic carbocycles. The third kappa shape index (κ3) is 3.11. The molecule has 0 saturated heterocycles. The second-order valence-corrected chi connectivity index (χ2v) is 8.20. The Bertz CT molecular complexity index is 832. The zero-order valence-electron chi connectivity index (χ0n) is 14.6. The number of carbonyl (C=O) groups is 2. The summed E-state index contributed by atoms with van der Waals surface area (Å²) in [6.45, 7) is 9.51. The Balaban J connectivity index is 2.09. The minimum absolute atomic E-state index is 0.373. The van der Waals surface area contributed by atoms with Gasteiger partial charge in [-0.1, -0.05) is 0 Å². The number of rotatable bonds is 1. The van der Waals surface area contributed by atoms with Gasteiger partial charge in [0.2, 0.25) is 0 Å². The number of hydrogen-bond donors (Lipinski definition) is 0. The first-order chi connectivity index (χ1) is 11.2. The van der Waals surface area contributed by atoms with E-state index in [0.717, 1.165) is 32.6 Å². The van der Waals surface area contributed by atoms with E-state index in [0.29, 0.717) is 12.3 Å². The number of benzene rings is 1. The zero-order valence-corrected chi connectivity index (χ0v) is 15.4. The standard InChI is InChI=1S/C18H21NO4S/c1-10-8-13-15(22-11(2)20)9-14-12(16(13)24-10)6-7-19(14)17(21)23-18(3,4)5/h8-9H,6-7H2,1-5H3. The maximum atomic E-state index is 12.5. The second kappa shape index (κ2) is 5.77. The number of aryl methyl sites for hydroxylation is 1. The molecule has 6 heteroatoms. The van der Waals surface area contributed by atoms with Crippen molar-refractivity contribution in [3.8, 4) is 5.75 Å². The molecule has 0 bridgehead atoms. The Labute approximate surface area is 145 Å². The lowest BCUT2D eigenvalue weighted by Crippen LogP contribution is -2.35. The van der Waals surface area contributed by atoms with Crippen LogP contribution in [0.4, 0.5) is 10.5 Å². The predicted molar refractivity (Wildman–Crippen MR) is 95.2 cm³/mol. The molecule has 0 radical (unpaired) electrons. The van der Waals surface area contributed by atoms with E-state index >= 15 is 0 Å². The smallest absolute Gasteiger partial charge is 0.414 e. The number of hydrogen-bond acceptors (Lipinski definition) is 5. The van der Waals surface area contributed by atoms with Gasteiger partial charge in [0.25, 0.3) is 0 Å². The predicted octanol–water partition coefficient (Wildman–Crippen LogP) is 4.43. The molecule has 0 atom stereocenters. The fourth-order valence-electron chi connectivity index (χ4n) is 2.90. The van der Waals surface area contributed by atoms with Gasteiger partial charge in [-0.25, -0.2) is 4.79 Å². The van der Waals surface area contributed by atoms with Crippen molar-refractivity contribution in [1.82, 2.24) is 0 Å². The summed E-state index contributed by atoms with van der Waals surface area (Å²) in [7, 11) is 0. The van der Waals surface area contributed by atoms with Gasteiger partial charge in [0.05, 0.1) is 5.69 Å². The highest BCUT2D eigenvalue weighted by molar-refractivity contribution is 7.19. The van der Waals surface area contributed by atoms with Crippen molar-refractivity contribution < 1.29 is 19.1 Å². The van der Waals surface area contributed by atoms with Crippen molar-refractivity contribution >= 4 is 39.2 Å². The SMILES string of the molecule is CC(=O)Oc1cc2c(c3sc(C)cc13)CCN2C(=O)OC(C)(C)C. The Morgan fingerprint density at radius 2 is 1.96 bits per heavy atom. The van der Waals surface area contributed by atoms with Crippen LogP contribution in [0.5, 0.6) is 5.75 Å². The quantitative estimate of drug-likeness (QED) is 0.565.